The van der Waals surface area contributed by atoms with Gasteiger partial charge < -0.3 is 22.6 Å². The van der Waals surface area contributed by atoms with E-state index in [0.717, 1.165) is 13.1 Å². The van der Waals surface area contributed by atoms with Crippen molar-refractivity contribution in [2.75, 3.05) is 32.8 Å². The Balaban J connectivity index is 0.00000729. The van der Waals surface area contributed by atoms with E-state index in [4.69, 9.17) is 0 Å². The maximum Gasteiger partial charge on any atom is 0.120 e. The van der Waals surface area contributed by atoms with Crippen LogP contribution in [0.4, 0.5) is 0 Å². The van der Waals surface area contributed by atoms with Gasteiger partial charge in [0.1, 0.15) is 6.54 Å². The van der Waals surface area contributed by atoms with Gasteiger partial charge in [-0.1, -0.05) is 88.6 Å². The number of unbranched alkanes of at least 4 members (excludes halogenated alkanes) is 9. The molecule has 5 heteroatoms. The zero-order chi connectivity index (χ0) is 19.6. The van der Waals surface area contributed by atoms with E-state index in [1.54, 1.807) is 0 Å². The van der Waals surface area contributed by atoms with Crippen LogP contribution in [0, 0.1) is 0 Å². The summed E-state index contributed by atoms with van der Waals surface area (Å²) in [5, 5.41) is 22.3. The summed E-state index contributed by atoms with van der Waals surface area (Å²) < 4.78 is 0. The number of rotatable bonds is 18. The zero-order valence-corrected chi connectivity index (χ0v) is 18.7. The van der Waals surface area contributed by atoms with Crippen LogP contribution in [0.2, 0.25) is 0 Å². The van der Waals surface area contributed by atoms with Crippen LogP contribution in [-0.4, -0.2) is 48.1 Å². The number of nitrogens with zero attached hydrogens (tertiary/aromatic N) is 1. The average Bonchev–Trinajstić information content (AvgIpc) is 2.69. The molecule has 1 aromatic rings. The molecular weight excluding hydrogens is 372 g/mol. The van der Waals surface area contributed by atoms with Crippen molar-refractivity contribution in [1.29, 1.82) is 0 Å². The van der Waals surface area contributed by atoms with Gasteiger partial charge in [0.25, 0.3) is 0 Å². The second kappa shape index (κ2) is 19.7. The van der Waals surface area contributed by atoms with Gasteiger partial charge in [-0.15, -0.1) is 0 Å². The molecule has 4 nitrogen and oxygen atoms in total. The summed E-state index contributed by atoms with van der Waals surface area (Å²) in [6.07, 6.45) is 13.5. The summed E-state index contributed by atoms with van der Waals surface area (Å²) in [6, 6.07) is 10.5. The van der Waals surface area contributed by atoms with Gasteiger partial charge in [0.15, 0.2) is 0 Å². The fraction of sp³-hybridized carbons (Fsp3) is 0.739. The SMILES string of the molecule is CCCCCCCCCCCC[NH+](Cc1ccccc1)N(CCO)CCO.[Cl-]. The molecular formula is C23H43ClN2O2. The molecule has 1 atom stereocenters. The molecule has 1 aromatic carbocycles. The molecule has 0 spiro atoms. The molecule has 1 rings (SSSR count). The Morgan fingerprint density at radius 1 is 0.750 bits per heavy atom. The second-order valence-electron chi connectivity index (χ2n) is 7.59. The van der Waals surface area contributed by atoms with Crippen LogP contribution in [0.3, 0.4) is 0 Å². The number of halogens is 1. The van der Waals surface area contributed by atoms with E-state index in [2.05, 4.69) is 36.2 Å². The van der Waals surface area contributed by atoms with Gasteiger partial charge in [-0.05, 0) is 12.8 Å². The number of quaternary nitrogens is 1. The molecule has 0 aliphatic rings. The maximum absolute atomic E-state index is 9.39. The maximum atomic E-state index is 9.39. The van der Waals surface area contributed by atoms with Crippen molar-refractivity contribution in [3.05, 3.63) is 35.9 Å². The fourth-order valence-electron chi connectivity index (χ4n) is 3.68. The Morgan fingerprint density at radius 3 is 1.75 bits per heavy atom. The third-order valence-electron chi connectivity index (χ3n) is 5.26. The van der Waals surface area contributed by atoms with Crippen LogP contribution in [-0.2, 0) is 6.54 Å². The third-order valence-corrected chi connectivity index (χ3v) is 5.26. The first-order valence-electron chi connectivity index (χ1n) is 11.2. The van der Waals surface area contributed by atoms with E-state index in [1.807, 2.05) is 6.07 Å². The number of benzene rings is 1. The minimum atomic E-state index is 0. The Kier molecular flexibility index (Phi) is 19.2. The first kappa shape index (κ1) is 27.4. The van der Waals surface area contributed by atoms with E-state index in [1.165, 1.54) is 74.8 Å². The zero-order valence-electron chi connectivity index (χ0n) is 17.9. The van der Waals surface area contributed by atoms with Crippen LogP contribution in [0.5, 0.6) is 0 Å². The molecule has 0 saturated carbocycles. The van der Waals surface area contributed by atoms with Gasteiger partial charge >= 0.3 is 0 Å². The normalized spacial score (nSPS) is 12.1. The van der Waals surface area contributed by atoms with Gasteiger partial charge in [0.2, 0.25) is 0 Å². The van der Waals surface area contributed by atoms with Crippen LogP contribution < -0.4 is 17.4 Å². The lowest BCUT2D eigenvalue weighted by Gasteiger charge is -2.30. The van der Waals surface area contributed by atoms with Gasteiger partial charge in [0.05, 0.1) is 32.8 Å². The predicted molar refractivity (Wildman–Crippen MR) is 114 cm³/mol. The summed E-state index contributed by atoms with van der Waals surface area (Å²) in [7, 11) is 0. The first-order chi connectivity index (χ1) is 13.3. The molecule has 0 aliphatic heterocycles. The predicted octanol–water partition coefficient (Wildman–Crippen LogP) is 0.198. The Morgan fingerprint density at radius 2 is 1.25 bits per heavy atom. The minimum absolute atomic E-state index is 0. The summed E-state index contributed by atoms with van der Waals surface area (Å²) in [5.41, 5.74) is 1.31. The van der Waals surface area contributed by atoms with Crippen LogP contribution >= 0.6 is 0 Å². The van der Waals surface area contributed by atoms with Gasteiger partial charge in [-0.2, -0.15) is 5.01 Å². The van der Waals surface area contributed by atoms with Crippen molar-refractivity contribution in [2.45, 2.75) is 77.7 Å². The van der Waals surface area contributed by atoms with Crippen molar-refractivity contribution >= 4 is 0 Å². The van der Waals surface area contributed by atoms with E-state index < -0.39 is 0 Å². The molecule has 3 N–H and O–H groups in total. The highest BCUT2D eigenvalue weighted by Crippen LogP contribution is 2.10. The number of aliphatic hydroxyl groups is 2. The lowest BCUT2D eigenvalue weighted by Crippen LogP contribution is -3.17. The third kappa shape index (κ3) is 13.5. The first-order valence-corrected chi connectivity index (χ1v) is 11.2. The monoisotopic (exact) mass is 414 g/mol. The molecule has 0 aromatic heterocycles. The van der Waals surface area contributed by atoms with Crippen LogP contribution in [0.15, 0.2) is 30.3 Å². The molecule has 0 saturated heterocycles. The van der Waals surface area contributed by atoms with Crippen molar-refractivity contribution in [3.63, 3.8) is 0 Å². The lowest BCUT2D eigenvalue weighted by atomic mass is 10.1. The summed E-state index contributed by atoms with van der Waals surface area (Å²) in [5.74, 6) is 0. The molecule has 0 amide bonds. The number of aliphatic hydroxyl groups excluding tert-OH is 2. The molecule has 0 fully saturated rings. The van der Waals surface area contributed by atoms with Gasteiger partial charge in [-0.3, -0.25) is 5.01 Å². The van der Waals surface area contributed by atoms with Crippen molar-refractivity contribution < 1.29 is 27.6 Å². The molecule has 28 heavy (non-hydrogen) atoms. The van der Waals surface area contributed by atoms with E-state index >= 15 is 0 Å². The van der Waals surface area contributed by atoms with Crippen LogP contribution in [0.1, 0.15) is 76.7 Å². The van der Waals surface area contributed by atoms with Gasteiger partial charge in [0, 0.05) is 5.56 Å². The summed E-state index contributed by atoms with van der Waals surface area (Å²) in [6.45, 7) is 5.74. The smallest absolute Gasteiger partial charge is 0.120 e. The standard InChI is InChI=1S/C23H42N2O2.ClH/c1-2-3-4-5-6-7-8-9-10-14-17-25(24(18-20-26)19-21-27)22-23-15-12-11-13-16-23;/h11-13,15-16,26-27H,2-10,14,17-22H2,1H3;1H. The minimum Gasteiger partial charge on any atom is -1.00 e. The Bertz CT molecular complexity index is 428. The average molecular weight is 415 g/mol. The van der Waals surface area contributed by atoms with E-state index in [9.17, 15) is 10.2 Å². The number of nitrogens with one attached hydrogen (secondary N) is 1. The van der Waals surface area contributed by atoms with E-state index in [-0.39, 0.29) is 25.6 Å². The van der Waals surface area contributed by atoms with Crippen LogP contribution in [0.25, 0.3) is 0 Å². The summed E-state index contributed by atoms with van der Waals surface area (Å²) in [4.78, 5) is 0. The molecule has 0 heterocycles. The van der Waals surface area contributed by atoms with Crippen molar-refractivity contribution in [2.24, 2.45) is 0 Å². The second-order valence-corrected chi connectivity index (χ2v) is 7.59. The molecule has 0 bridgehead atoms. The van der Waals surface area contributed by atoms with E-state index in [0.29, 0.717) is 13.1 Å². The molecule has 1 unspecified atom stereocenters. The fourth-order valence-corrected chi connectivity index (χ4v) is 3.68. The number of hydrogen-bond donors (Lipinski definition) is 3. The van der Waals surface area contributed by atoms with Crippen molar-refractivity contribution in [1.82, 2.24) is 5.01 Å². The molecule has 0 radical (unpaired) electrons. The highest BCUT2D eigenvalue weighted by molar-refractivity contribution is 5.13. The molecule has 0 aliphatic carbocycles. The topological polar surface area (TPSA) is 48.1 Å². The molecule has 164 valence electrons. The largest absolute Gasteiger partial charge is 1.00 e. The summed E-state index contributed by atoms with van der Waals surface area (Å²) >= 11 is 0. The van der Waals surface area contributed by atoms with Gasteiger partial charge in [-0.25, -0.2) is 0 Å². The Hall–Kier alpha value is -0.650. The Labute approximate surface area is 179 Å². The number of hydrogen-bond acceptors (Lipinski definition) is 3. The highest BCUT2D eigenvalue weighted by Gasteiger charge is 2.18. The highest BCUT2D eigenvalue weighted by atomic mass is 35.5. The lowest BCUT2D eigenvalue weighted by molar-refractivity contribution is -1.03. The quantitative estimate of drug-likeness (QED) is 0.237. The van der Waals surface area contributed by atoms with Crippen molar-refractivity contribution in [3.8, 4) is 0 Å².